The third-order valence-electron chi connectivity index (χ3n) is 5.85. The van der Waals surface area contributed by atoms with Crippen molar-refractivity contribution in [3.8, 4) is 0 Å². The minimum absolute atomic E-state index is 0.714. The average Bonchev–Trinajstić information content (AvgIpc) is 2.99. The summed E-state index contributed by atoms with van der Waals surface area (Å²) in [5.41, 5.74) is 0. The van der Waals surface area contributed by atoms with Crippen molar-refractivity contribution in [3.63, 3.8) is 0 Å². The SMILES string of the molecule is CCC(C)C1CN(C2CCCC2)C(C(C)CC)CN1. The van der Waals surface area contributed by atoms with Crippen molar-refractivity contribution < 1.29 is 0 Å². The lowest BCUT2D eigenvalue weighted by atomic mass is 9.89. The Labute approximate surface area is 120 Å². The van der Waals surface area contributed by atoms with Crippen LogP contribution < -0.4 is 5.32 Å². The van der Waals surface area contributed by atoms with Gasteiger partial charge in [0, 0.05) is 31.2 Å². The standard InChI is InChI=1S/C17H34N2/c1-5-13(3)16-12-19(15-9-7-8-10-15)17(11-18-16)14(4)6-2/h13-18H,5-12H2,1-4H3. The van der Waals surface area contributed by atoms with E-state index in [0.717, 1.165) is 23.9 Å². The first-order chi connectivity index (χ1) is 9.17. The van der Waals surface area contributed by atoms with Crippen LogP contribution in [-0.2, 0) is 0 Å². The Morgan fingerprint density at radius 2 is 1.68 bits per heavy atom. The lowest BCUT2D eigenvalue weighted by Gasteiger charge is -2.47. The van der Waals surface area contributed by atoms with E-state index in [-0.39, 0.29) is 0 Å². The van der Waals surface area contributed by atoms with Crippen LogP contribution in [0, 0.1) is 11.8 Å². The van der Waals surface area contributed by atoms with E-state index in [9.17, 15) is 0 Å². The Kier molecular flexibility index (Phi) is 5.70. The summed E-state index contributed by atoms with van der Waals surface area (Å²) in [7, 11) is 0. The van der Waals surface area contributed by atoms with E-state index in [0.29, 0.717) is 6.04 Å². The molecule has 2 rings (SSSR count). The Balaban J connectivity index is 2.04. The van der Waals surface area contributed by atoms with Crippen molar-refractivity contribution in [2.45, 2.75) is 84.3 Å². The zero-order valence-corrected chi connectivity index (χ0v) is 13.5. The Bertz CT molecular complexity index is 260. The minimum Gasteiger partial charge on any atom is -0.311 e. The fourth-order valence-corrected chi connectivity index (χ4v) is 3.94. The highest BCUT2D eigenvalue weighted by Gasteiger charge is 2.37. The van der Waals surface area contributed by atoms with Crippen molar-refractivity contribution in [2.75, 3.05) is 13.1 Å². The first-order valence-corrected chi connectivity index (χ1v) is 8.66. The van der Waals surface area contributed by atoms with Gasteiger partial charge in [-0.3, -0.25) is 4.90 Å². The third kappa shape index (κ3) is 3.52. The Morgan fingerprint density at radius 1 is 1.05 bits per heavy atom. The first-order valence-electron chi connectivity index (χ1n) is 8.66. The van der Waals surface area contributed by atoms with Gasteiger partial charge >= 0.3 is 0 Å². The van der Waals surface area contributed by atoms with Crippen molar-refractivity contribution >= 4 is 0 Å². The molecule has 0 bridgehead atoms. The summed E-state index contributed by atoms with van der Waals surface area (Å²) < 4.78 is 0. The van der Waals surface area contributed by atoms with Crippen molar-refractivity contribution in [2.24, 2.45) is 11.8 Å². The number of nitrogens with one attached hydrogen (secondary N) is 1. The normalized spacial score (nSPS) is 33.5. The summed E-state index contributed by atoms with van der Waals surface area (Å²) in [5.74, 6) is 1.63. The van der Waals surface area contributed by atoms with Crippen LogP contribution in [0.4, 0.5) is 0 Å². The summed E-state index contributed by atoms with van der Waals surface area (Å²) in [6.45, 7) is 12.0. The molecule has 19 heavy (non-hydrogen) atoms. The summed E-state index contributed by atoms with van der Waals surface area (Å²) in [6, 6.07) is 2.37. The summed E-state index contributed by atoms with van der Waals surface area (Å²) in [4.78, 5) is 2.90. The smallest absolute Gasteiger partial charge is 0.0249 e. The van der Waals surface area contributed by atoms with E-state index in [2.05, 4.69) is 37.9 Å². The first kappa shape index (κ1) is 15.3. The second kappa shape index (κ2) is 7.08. The molecule has 2 nitrogen and oxygen atoms in total. The van der Waals surface area contributed by atoms with Gasteiger partial charge in [0.1, 0.15) is 0 Å². The van der Waals surface area contributed by atoms with Gasteiger partial charge in [-0.15, -0.1) is 0 Å². The van der Waals surface area contributed by atoms with Gasteiger partial charge in [0.15, 0.2) is 0 Å². The van der Waals surface area contributed by atoms with Crippen LogP contribution in [0.5, 0.6) is 0 Å². The van der Waals surface area contributed by atoms with Crippen LogP contribution in [-0.4, -0.2) is 36.1 Å². The van der Waals surface area contributed by atoms with Crippen molar-refractivity contribution in [3.05, 3.63) is 0 Å². The average molecular weight is 266 g/mol. The predicted octanol–water partition coefficient (Wildman–Crippen LogP) is 3.66. The van der Waals surface area contributed by atoms with Gasteiger partial charge in [0.2, 0.25) is 0 Å². The van der Waals surface area contributed by atoms with Crippen LogP contribution in [0.3, 0.4) is 0 Å². The van der Waals surface area contributed by atoms with Crippen LogP contribution in [0.25, 0.3) is 0 Å². The van der Waals surface area contributed by atoms with Gasteiger partial charge < -0.3 is 5.32 Å². The summed E-state index contributed by atoms with van der Waals surface area (Å²) in [5, 5.41) is 3.85. The van der Waals surface area contributed by atoms with Gasteiger partial charge in [-0.05, 0) is 24.7 Å². The van der Waals surface area contributed by atoms with E-state index in [4.69, 9.17) is 0 Å². The van der Waals surface area contributed by atoms with Crippen LogP contribution in [0.15, 0.2) is 0 Å². The number of nitrogens with zero attached hydrogens (tertiary/aromatic N) is 1. The molecule has 0 aromatic carbocycles. The topological polar surface area (TPSA) is 15.3 Å². The molecule has 1 aliphatic heterocycles. The highest BCUT2D eigenvalue weighted by Crippen LogP contribution is 2.30. The molecule has 0 spiro atoms. The molecule has 1 saturated heterocycles. The molecule has 0 aromatic rings. The number of hydrogen-bond acceptors (Lipinski definition) is 2. The molecule has 1 heterocycles. The fraction of sp³-hybridized carbons (Fsp3) is 1.00. The molecule has 2 fully saturated rings. The monoisotopic (exact) mass is 266 g/mol. The van der Waals surface area contributed by atoms with E-state index >= 15 is 0 Å². The zero-order valence-electron chi connectivity index (χ0n) is 13.5. The molecule has 1 aliphatic carbocycles. The maximum atomic E-state index is 3.85. The van der Waals surface area contributed by atoms with Gasteiger partial charge in [-0.2, -0.15) is 0 Å². The molecule has 112 valence electrons. The predicted molar refractivity (Wildman–Crippen MR) is 83.5 cm³/mol. The molecule has 1 saturated carbocycles. The lowest BCUT2D eigenvalue weighted by Crippen LogP contribution is -2.62. The molecule has 4 unspecified atom stereocenters. The molecule has 4 atom stereocenters. The molecular formula is C17H34N2. The van der Waals surface area contributed by atoms with Crippen molar-refractivity contribution in [1.29, 1.82) is 0 Å². The van der Waals surface area contributed by atoms with E-state index in [1.807, 2.05) is 0 Å². The Morgan fingerprint density at radius 3 is 2.26 bits per heavy atom. The minimum atomic E-state index is 0.714. The highest BCUT2D eigenvalue weighted by atomic mass is 15.3. The largest absolute Gasteiger partial charge is 0.311 e. The summed E-state index contributed by atoms with van der Waals surface area (Å²) >= 11 is 0. The van der Waals surface area contributed by atoms with Gasteiger partial charge in [0.05, 0.1) is 0 Å². The molecule has 0 radical (unpaired) electrons. The second-order valence-corrected chi connectivity index (χ2v) is 6.99. The van der Waals surface area contributed by atoms with Crippen LogP contribution in [0.1, 0.15) is 66.2 Å². The van der Waals surface area contributed by atoms with E-state index in [1.165, 1.54) is 51.6 Å². The third-order valence-corrected chi connectivity index (χ3v) is 5.85. The van der Waals surface area contributed by atoms with Gasteiger partial charge in [-0.1, -0.05) is 53.4 Å². The number of hydrogen-bond donors (Lipinski definition) is 1. The van der Waals surface area contributed by atoms with Gasteiger partial charge in [0.25, 0.3) is 0 Å². The maximum absolute atomic E-state index is 3.85. The van der Waals surface area contributed by atoms with Crippen LogP contribution >= 0.6 is 0 Å². The molecule has 2 heteroatoms. The maximum Gasteiger partial charge on any atom is 0.0249 e. The van der Waals surface area contributed by atoms with E-state index in [1.54, 1.807) is 0 Å². The second-order valence-electron chi connectivity index (χ2n) is 6.99. The Hall–Kier alpha value is -0.0800. The quantitative estimate of drug-likeness (QED) is 0.817. The molecule has 0 amide bonds. The zero-order chi connectivity index (χ0) is 13.8. The summed E-state index contributed by atoms with van der Waals surface area (Å²) in [6.07, 6.45) is 8.40. The number of piperazine rings is 1. The molecule has 0 aromatic heterocycles. The van der Waals surface area contributed by atoms with E-state index < -0.39 is 0 Å². The molecular weight excluding hydrogens is 232 g/mol. The van der Waals surface area contributed by atoms with Crippen molar-refractivity contribution in [1.82, 2.24) is 10.2 Å². The molecule has 1 N–H and O–H groups in total. The lowest BCUT2D eigenvalue weighted by molar-refractivity contribution is 0.0402. The van der Waals surface area contributed by atoms with Crippen LogP contribution in [0.2, 0.25) is 0 Å². The van der Waals surface area contributed by atoms with Gasteiger partial charge in [-0.25, -0.2) is 0 Å². The molecule has 2 aliphatic rings. The fourth-order valence-electron chi connectivity index (χ4n) is 3.94. The highest BCUT2D eigenvalue weighted by molar-refractivity contribution is 4.94. The number of rotatable bonds is 5.